The quantitative estimate of drug-likeness (QED) is 0.406. The van der Waals surface area contributed by atoms with E-state index in [0.29, 0.717) is 6.42 Å². The van der Waals surface area contributed by atoms with Gasteiger partial charge in [-0.05, 0) is 58.2 Å². The van der Waals surface area contributed by atoms with Gasteiger partial charge in [0.2, 0.25) is 5.91 Å². The maximum Gasteiger partial charge on any atom is 0.234 e. The van der Waals surface area contributed by atoms with Crippen LogP contribution in [0.2, 0.25) is 0 Å². The monoisotopic (exact) mass is 427 g/mol. The molecular weight excluding hydrogens is 390 g/mol. The van der Waals surface area contributed by atoms with E-state index in [1.165, 1.54) is 16.7 Å². The lowest BCUT2D eigenvalue weighted by molar-refractivity contribution is -0.121. The van der Waals surface area contributed by atoms with Crippen molar-refractivity contribution < 1.29 is 4.79 Å². The Hall–Kier alpha value is -2.87. The van der Waals surface area contributed by atoms with Crippen LogP contribution in [0.4, 0.5) is 11.4 Å². The van der Waals surface area contributed by atoms with Crippen LogP contribution in [-0.4, -0.2) is 5.91 Å². The van der Waals surface area contributed by atoms with Gasteiger partial charge in [-0.2, -0.15) is 0 Å². The third-order valence-electron chi connectivity index (χ3n) is 5.94. The number of hydrogen-bond donors (Lipinski definition) is 0. The average Bonchev–Trinajstić information content (AvgIpc) is 2.74. The summed E-state index contributed by atoms with van der Waals surface area (Å²) in [6.07, 6.45) is 0.710. The van der Waals surface area contributed by atoms with E-state index in [2.05, 4.69) is 59.7 Å². The lowest BCUT2D eigenvalue weighted by Gasteiger charge is -2.28. The van der Waals surface area contributed by atoms with Gasteiger partial charge in [0.1, 0.15) is 0 Å². The summed E-state index contributed by atoms with van der Waals surface area (Å²) in [4.78, 5) is 15.6. The van der Waals surface area contributed by atoms with E-state index >= 15 is 0 Å². The van der Waals surface area contributed by atoms with Crippen LogP contribution in [0.15, 0.2) is 78.9 Å². The number of hydrogen-bond acceptors (Lipinski definition) is 1. The molecule has 0 saturated heterocycles. The second-order valence-electron chi connectivity index (χ2n) is 10.9. The standard InChI is InChI=1S/C30H37NO/c1-22(18-23-19-24(29(2,3)4)21-25(20-23)30(5,6)7)28(32)31(26-14-10-8-11-15-26)27-16-12-9-13-17-27/h8-17,19-22H,18H2,1-7H3/t22-/m0/s1. The summed E-state index contributed by atoms with van der Waals surface area (Å²) in [6.45, 7) is 15.5. The van der Waals surface area contributed by atoms with Crippen molar-refractivity contribution in [2.75, 3.05) is 4.90 Å². The zero-order chi connectivity index (χ0) is 23.5. The fraction of sp³-hybridized carbons (Fsp3) is 0.367. The van der Waals surface area contributed by atoms with Crippen LogP contribution in [0.5, 0.6) is 0 Å². The zero-order valence-electron chi connectivity index (χ0n) is 20.6. The highest BCUT2D eigenvalue weighted by molar-refractivity contribution is 6.01. The second kappa shape index (κ2) is 9.32. The lowest BCUT2D eigenvalue weighted by Crippen LogP contribution is -2.32. The number of benzene rings is 3. The molecule has 0 saturated carbocycles. The molecule has 0 spiro atoms. The molecule has 1 amide bonds. The predicted molar refractivity (Wildman–Crippen MR) is 137 cm³/mol. The number of nitrogens with zero attached hydrogens (tertiary/aromatic N) is 1. The molecule has 0 heterocycles. The first-order valence-electron chi connectivity index (χ1n) is 11.6. The summed E-state index contributed by atoms with van der Waals surface area (Å²) in [5.74, 6) is -0.0423. The molecule has 3 aromatic carbocycles. The summed E-state index contributed by atoms with van der Waals surface area (Å²) in [5.41, 5.74) is 5.78. The molecule has 168 valence electrons. The van der Waals surface area contributed by atoms with Crippen molar-refractivity contribution in [3.63, 3.8) is 0 Å². The molecule has 2 nitrogen and oxygen atoms in total. The van der Waals surface area contributed by atoms with Crippen LogP contribution in [-0.2, 0) is 22.0 Å². The maximum atomic E-state index is 13.7. The van der Waals surface area contributed by atoms with E-state index in [-0.39, 0.29) is 22.7 Å². The Kier molecular flexibility index (Phi) is 6.93. The summed E-state index contributed by atoms with van der Waals surface area (Å²) in [5, 5.41) is 0. The van der Waals surface area contributed by atoms with Crippen LogP contribution in [0.1, 0.15) is 65.2 Å². The molecule has 0 fully saturated rings. The molecule has 0 aliphatic carbocycles. The maximum absolute atomic E-state index is 13.7. The summed E-state index contributed by atoms with van der Waals surface area (Å²) in [6, 6.07) is 26.8. The third kappa shape index (κ3) is 5.68. The average molecular weight is 428 g/mol. The fourth-order valence-electron chi connectivity index (χ4n) is 3.89. The van der Waals surface area contributed by atoms with Crippen molar-refractivity contribution >= 4 is 17.3 Å². The molecular formula is C30H37NO. The Balaban J connectivity index is 1.96. The lowest BCUT2D eigenvalue weighted by atomic mass is 9.78. The molecule has 3 rings (SSSR count). The van der Waals surface area contributed by atoms with Crippen molar-refractivity contribution in [3.8, 4) is 0 Å². The summed E-state index contributed by atoms with van der Waals surface area (Å²) >= 11 is 0. The zero-order valence-corrected chi connectivity index (χ0v) is 20.6. The first kappa shape index (κ1) is 23.8. The normalized spacial score (nSPS) is 13.0. The topological polar surface area (TPSA) is 20.3 Å². The van der Waals surface area contributed by atoms with Crippen LogP contribution in [0.3, 0.4) is 0 Å². The SMILES string of the molecule is C[C@@H](Cc1cc(C(C)(C)C)cc(C(C)(C)C)c1)C(=O)N(c1ccccc1)c1ccccc1. The van der Waals surface area contributed by atoms with E-state index in [0.717, 1.165) is 11.4 Å². The minimum atomic E-state index is -0.154. The molecule has 0 bridgehead atoms. The van der Waals surface area contributed by atoms with Crippen molar-refractivity contribution in [2.45, 2.75) is 65.7 Å². The minimum Gasteiger partial charge on any atom is -0.281 e. The highest BCUT2D eigenvalue weighted by Crippen LogP contribution is 2.32. The molecule has 3 aromatic rings. The van der Waals surface area contributed by atoms with Crippen LogP contribution in [0, 0.1) is 5.92 Å². The molecule has 0 radical (unpaired) electrons. The van der Waals surface area contributed by atoms with Gasteiger partial charge < -0.3 is 0 Å². The van der Waals surface area contributed by atoms with Crippen LogP contribution < -0.4 is 4.90 Å². The summed E-state index contributed by atoms with van der Waals surface area (Å²) < 4.78 is 0. The van der Waals surface area contributed by atoms with Gasteiger partial charge in [-0.25, -0.2) is 0 Å². The highest BCUT2D eigenvalue weighted by Gasteiger charge is 2.26. The van der Waals surface area contributed by atoms with E-state index in [9.17, 15) is 4.79 Å². The highest BCUT2D eigenvalue weighted by atomic mass is 16.2. The molecule has 0 aromatic heterocycles. The smallest absolute Gasteiger partial charge is 0.234 e. The largest absolute Gasteiger partial charge is 0.281 e. The van der Waals surface area contributed by atoms with Crippen LogP contribution >= 0.6 is 0 Å². The number of rotatable bonds is 5. The number of carbonyl (C=O) groups is 1. The van der Waals surface area contributed by atoms with Gasteiger partial charge in [-0.1, -0.05) is 103 Å². The number of para-hydroxylation sites is 2. The number of carbonyl (C=O) groups excluding carboxylic acids is 1. The Bertz CT molecular complexity index is 968. The molecule has 0 unspecified atom stereocenters. The van der Waals surface area contributed by atoms with E-state index in [4.69, 9.17) is 0 Å². The van der Waals surface area contributed by atoms with Gasteiger partial charge in [-0.15, -0.1) is 0 Å². The molecule has 1 atom stereocenters. The minimum absolute atomic E-state index is 0.0589. The van der Waals surface area contributed by atoms with Crippen molar-refractivity contribution in [1.82, 2.24) is 0 Å². The van der Waals surface area contributed by atoms with Gasteiger partial charge in [0, 0.05) is 17.3 Å². The first-order valence-corrected chi connectivity index (χ1v) is 11.6. The Labute approximate surface area is 194 Å². The Morgan fingerprint density at radius 2 is 1.12 bits per heavy atom. The van der Waals surface area contributed by atoms with Crippen molar-refractivity contribution in [3.05, 3.63) is 95.6 Å². The van der Waals surface area contributed by atoms with Crippen LogP contribution in [0.25, 0.3) is 0 Å². The van der Waals surface area contributed by atoms with E-state index in [1.807, 2.05) is 72.5 Å². The van der Waals surface area contributed by atoms with E-state index < -0.39 is 0 Å². The van der Waals surface area contributed by atoms with Gasteiger partial charge in [-0.3, -0.25) is 9.69 Å². The number of anilines is 2. The Morgan fingerprint density at radius 3 is 1.50 bits per heavy atom. The molecule has 0 aliphatic heterocycles. The van der Waals surface area contributed by atoms with Gasteiger partial charge in [0.05, 0.1) is 0 Å². The molecule has 2 heteroatoms. The third-order valence-corrected chi connectivity index (χ3v) is 5.94. The van der Waals surface area contributed by atoms with E-state index in [1.54, 1.807) is 0 Å². The molecule has 0 N–H and O–H groups in total. The Morgan fingerprint density at radius 1 is 0.719 bits per heavy atom. The van der Waals surface area contributed by atoms with Crippen molar-refractivity contribution in [2.24, 2.45) is 5.92 Å². The number of amides is 1. The molecule has 32 heavy (non-hydrogen) atoms. The van der Waals surface area contributed by atoms with Gasteiger partial charge in [0.25, 0.3) is 0 Å². The first-order chi connectivity index (χ1) is 15.0. The van der Waals surface area contributed by atoms with Gasteiger partial charge in [0.15, 0.2) is 0 Å². The summed E-state index contributed by atoms with van der Waals surface area (Å²) in [7, 11) is 0. The molecule has 0 aliphatic rings. The van der Waals surface area contributed by atoms with Gasteiger partial charge >= 0.3 is 0 Å². The fourth-order valence-corrected chi connectivity index (χ4v) is 3.89. The predicted octanol–water partition coefficient (Wildman–Crippen LogP) is 7.83. The van der Waals surface area contributed by atoms with Crippen molar-refractivity contribution in [1.29, 1.82) is 0 Å². The second-order valence-corrected chi connectivity index (χ2v) is 10.9.